The number of nitrogen functional groups attached to an aromatic ring is 1. The van der Waals surface area contributed by atoms with Crippen molar-refractivity contribution in [2.75, 3.05) is 11.1 Å². The highest BCUT2D eigenvalue weighted by molar-refractivity contribution is 6.07. The van der Waals surface area contributed by atoms with E-state index in [4.69, 9.17) is 5.73 Å². The zero-order valence-electron chi connectivity index (χ0n) is 13.4. The number of aryl methyl sites for hydroxylation is 3. The van der Waals surface area contributed by atoms with Gasteiger partial charge in [-0.1, -0.05) is 25.5 Å². The lowest BCUT2D eigenvalue weighted by molar-refractivity contribution is 0.102. The Morgan fingerprint density at radius 1 is 1.23 bits per heavy atom. The largest absolute Gasteiger partial charge is 0.383 e. The zero-order valence-corrected chi connectivity index (χ0v) is 13.4. The molecule has 0 aliphatic rings. The molecule has 1 amide bonds. The first-order valence-electron chi connectivity index (χ1n) is 7.65. The molecule has 0 atom stereocenters. The Morgan fingerprint density at radius 3 is 2.55 bits per heavy atom. The van der Waals surface area contributed by atoms with E-state index in [1.54, 1.807) is 6.07 Å². The van der Waals surface area contributed by atoms with E-state index in [9.17, 15) is 4.79 Å². The fraction of sp³-hybridized carbons (Fsp3) is 0.333. The number of hydrogen-bond donors (Lipinski definition) is 2. The van der Waals surface area contributed by atoms with Crippen LogP contribution in [0, 0.1) is 13.8 Å². The van der Waals surface area contributed by atoms with Gasteiger partial charge < -0.3 is 11.1 Å². The van der Waals surface area contributed by atoms with E-state index in [2.05, 4.69) is 17.2 Å². The smallest absolute Gasteiger partial charge is 0.259 e. The summed E-state index contributed by atoms with van der Waals surface area (Å²) in [6.45, 7) is 5.97. The van der Waals surface area contributed by atoms with Crippen LogP contribution in [0.15, 0.2) is 30.3 Å². The van der Waals surface area contributed by atoms with Gasteiger partial charge >= 0.3 is 0 Å². The summed E-state index contributed by atoms with van der Waals surface area (Å²) >= 11 is 0. The van der Waals surface area contributed by atoms with Gasteiger partial charge in [0.15, 0.2) is 0 Å². The maximum Gasteiger partial charge on any atom is 0.259 e. The summed E-state index contributed by atoms with van der Waals surface area (Å²) in [6, 6.07) is 9.73. The average Bonchev–Trinajstić information content (AvgIpc) is 2.50. The quantitative estimate of drug-likeness (QED) is 0.880. The number of unbranched alkanes of at least 4 members (excludes halogenated alkanes) is 1. The predicted octanol–water partition coefficient (Wildman–Crippen LogP) is 3.88. The van der Waals surface area contributed by atoms with Crippen LogP contribution in [0.4, 0.5) is 11.5 Å². The first-order valence-corrected chi connectivity index (χ1v) is 7.65. The molecule has 1 heterocycles. The number of nitrogens with one attached hydrogen (secondary N) is 1. The van der Waals surface area contributed by atoms with Gasteiger partial charge in [0, 0.05) is 11.4 Å². The van der Waals surface area contributed by atoms with Gasteiger partial charge in [-0.05, 0) is 56.0 Å². The number of hydrogen-bond acceptors (Lipinski definition) is 3. The highest BCUT2D eigenvalue weighted by Crippen LogP contribution is 2.17. The van der Waals surface area contributed by atoms with Gasteiger partial charge in [-0.25, -0.2) is 4.98 Å². The van der Waals surface area contributed by atoms with E-state index in [0.717, 1.165) is 23.4 Å². The van der Waals surface area contributed by atoms with Crippen LogP contribution in [-0.2, 0) is 6.42 Å². The van der Waals surface area contributed by atoms with Gasteiger partial charge in [-0.15, -0.1) is 0 Å². The normalized spacial score (nSPS) is 10.5. The molecule has 1 aromatic carbocycles. The zero-order chi connectivity index (χ0) is 16.1. The van der Waals surface area contributed by atoms with Crippen LogP contribution in [0.5, 0.6) is 0 Å². The number of rotatable bonds is 5. The van der Waals surface area contributed by atoms with Crippen LogP contribution >= 0.6 is 0 Å². The van der Waals surface area contributed by atoms with Crippen LogP contribution in [0.25, 0.3) is 0 Å². The molecule has 22 heavy (non-hydrogen) atoms. The van der Waals surface area contributed by atoms with Crippen molar-refractivity contribution < 1.29 is 4.79 Å². The topological polar surface area (TPSA) is 68.0 Å². The maximum atomic E-state index is 12.3. The molecule has 0 fully saturated rings. The average molecular weight is 297 g/mol. The summed E-state index contributed by atoms with van der Waals surface area (Å²) in [5.74, 6) is 0.0366. The van der Waals surface area contributed by atoms with Crippen molar-refractivity contribution in [3.05, 3.63) is 52.7 Å². The van der Waals surface area contributed by atoms with E-state index in [1.165, 1.54) is 18.4 Å². The molecular weight excluding hydrogens is 274 g/mol. The van der Waals surface area contributed by atoms with Crippen LogP contribution in [0.2, 0.25) is 0 Å². The molecule has 0 aliphatic heterocycles. The summed E-state index contributed by atoms with van der Waals surface area (Å²) in [5.41, 5.74) is 10.1. The molecule has 0 saturated heterocycles. The van der Waals surface area contributed by atoms with E-state index < -0.39 is 0 Å². The summed E-state index contributed by atoms with van der Waals surface area (Å²) in [6.07, 6.45) is 3.42. The number of benzene rings is 1. The molecule has 0 unspecified atom stereocenters. The molecular formula is C18H23N3O. The van der Waals surface area contributed by atoms with E-state index in [1.807, 2.05) is 38.1 Å². The number of aromatic nitrogens is 1. The minimum absolute atomic E-state index is 0.227. The van der Waals surface area contributed by atoms with Crippen molar-refractivity contribution in [3.8, 4) is 0 Å². The SMILES string of the molecule is CCCCc1ccc(NC(=O)c2cc(C)c(C)nc2N)cc1. The van der Waals surface area contributed by atoms with E-state index in [-0.39, 0.29) is 11.7 Å². The third kappa shape index (κ3) is 3.85. The van der Waals surface area contributed by atoms with Crippen LogP contribution in [-0.4, -0.2) is 10.9 Å². The van der Waals surface area contributed by atoms with Crippen molar-refractivity contribution in [2.45, 2.75) is 40.0 Å². The van der Waals surface area contributed by atoms with Gasteiger partial charge in [-0.2, -0.15) is 0 Å². The molecule has 0 spiro atoms. The number of carbonyl (C=O) groups is 1. The van der Waals surface area contributed by atoms with Crippen LogP contribution < -0.4 is 11.1 Å². The summed E-state index contributed by atoms with van der Waals surface area (Å²) in [7, 11) is 0. The Kier molecular flexibility index (Phi) is 5.15. The number of carbonyl (C=O) groups excluding carboxylic acids is 1. The van der Waals surface area contributed by atoms with Crippen molar-refractivity contribution >= 4 is 17.4 Å². The second-order valence-electron chi connectivity index (χ2n) is 5.58. The minimum atomic E-state index is -0.227. The molecule has 4 nitrogen and oxygen atoms in total. The Bertz CT molecular complexity index is 663. The Labute approximate surface area is 131 Å². The first-order chi connectivity index (χ1) is 10.5. The minimum Gasteiger partial charge on any atom is -0.383 e. The molecule has 0 radical (unpaired) electrons. The third-order valence-corrected chi connectivity index (χ3v) is 3.77. The highest BCUT2D eigenvalue weighted by atomic mass is 16.1. The molecule has 0 aliphatic carbocycles. The van der Waals surface area contributed by atoms with Crippen molar-refractivity contribution in [1.29, 1.82) is 0 Å². The lowest BCUT2D eigenvalue weighted by Crippen LogP contribution is -2.15. The van der Waals surface area contributed by atoms with E-state index in [0.29, 0.717) is 5.56 Å². The second-order valence-corrected chi connectivity index (χ2v) is 5.58. The Morgan fingerprint density at radius 2 is 1.91 bits per heavy atom. The van der Waals surface area contributed by atoms with Crippen LogP contribution in [0.3, 0.4) is 0 Å². The fourth-order valence-electron chi connectivity index (χ4n) is 2.24. The highest BCUT2D eigenvalue weighted by Gasteiger charge is 2.13. The van der Waals surface area contributed by atoms with Crippen molar-refractivity contribution in [2.24, 2.45) is 0 Å². The summed E-state index contributed by atoms with van der Waals surface area (Å²) in [4.78, 5) is 16.5. The van der Waals surface area contributed by atoms with Crippen molar-refractivity contribution in [3.63, 3.8) is 0 Å². The first kappa shape index (κ1) is 16.0. The monoisotopic (exact) mass is 297 g/mol. The van der Waals surface area contributed by atoms with Gasteiger partial charge in [0.1, 0.15) is 5.82 Å². The Balaban J connectivity index is 2.10. The number of nitrogens with zero attached hydrogens (tertiary/aromatic N) is 1. The molecule has 2 aromatic rings. The van der Waals surface area contributed by atoms with Gasteiger partial charge in [0.25, 0.3) is 5.91 Å². The lowest BCUT2D eigenvalue weighted by atomic mass is 10.1. The Hall–Kier alpha value is -2.36. The lowest BCUT2D eigenvalue weighted by Gasteiger charge is -2.10. The molecule has 3 N–H and O–H groups in total. The number of nitrogens with two attached hydrogens (primary N) is 1. The molecule has 0 bridgehead atoms. The fourth-order valence-corrected chi connectivity index (χ4v) is 2.24. The molecule has 116 valence electrons. The molecule has 4 heteroatoms. The van der Waals surface area contributed by atoms with Gasteiger partial charge in [-0.3, -0.25) is 4.79 Å². The number of pyridine rings is 1. The summed E-state index contributed by atoms with van der Waals surface area (Å²) in [5, 5.41) is 2.87. The summed E-state index contributed by atoms with van der Waals surface area (Å²) < 4.78 is 0. The molecule has 0 saturated carbocycles. The second kappa shape index (κ2) is 7.07. The van der Waals surface area contributed by atoms with E-state index >= 15 is 0 Å². The molecule has 1 aromatic heterocycles. The predicted molar refractivity (Wildman–Crippen MR) is 91.1 cm³/mol. The molecule has 2 rings (SSSR count). The van der Waals surface area contributed by atoms with Crippen LogP contribution in [0.1, 0.15) is 46.9 Å². The van der Waals surface area contributed by atoms with Crippen molar-refractivity contribution in [1.82, 2.24) is 4.98 Å². The third-order valence-electron chi connectivity index (χ3n) is 3.77. The number of amides is 1. The number of anilines is 2. The standard InChI is InChI=1S/C18H23N3O/c1-4-5-6-14-7-9-15(10-8-14)21-18(22)16-11-12(2)13(3)20-17(16)19/h7-11H,4-6H2,1-3H3,(H2,19,20)(H,21,22). The van der Waals surface area contributed by atoms with Gasteiger partial charge in [0.05, 0.1) is 5.56 Å². The van der Waals surface area contributed by atoms with Gasteiger partial charge in [0.2, 0.25) is 0 Å². The maximum absolute atomic E-state index is 12.3.